The molecule has 1 aromatic rings. The molecule has 1 fully saturated rings. The van der Waals surface area contributed by atoms with Crippen molar-refractivity contribution in [3.8, 4) is 0 Å². The SMILES string of the molecule is COCC1(C(=O)NC(C)c2ccc(F)cc2F)CCNCC1. The number of methoxy groups -OCH3 is 1. The standard InChI is InChI=1S/C16H22F2N2O2/c1-11(13-4-3-12(17)9-14(13)18)20-15(21)16(10-22-2)5-7-19-8-6-16/h3-4,9,11,19H,5-8,10H2,1-2H3,(H,20,21). The Labute approximate surface area is 129 Å². The minimum absolute atomic E-state index is 0.146. The maximum Gasteiger partial charge on any atom is 0.229 e. The lowest BCUT2D eigenvalue weighted by molar-refractivity contribution is -0.136. The summed E-state index contributed by atoms with van der Waals surface area (Å²) < 4.78 is 32.0. The number of piperidine rings is 1. The third kappa shape index (κ3) is 3.62. The molecule has 1 aliphatic rings. The maximum atomic E-state index is 13.8. The number of carbonyl (C=O) groups excluding carboxylic acids is 1. The predicted octanol–water partition coefficient (Wildman–Crippen LogP) is 2.16. The Kier molecular flexibility index (Phi) is 5.47. The Morgan fingerprint density at radius 1 is 1.41 bits per heavy atom. The van der Waals surface area contributed by atoms with Crippen molar-refractivity contribution in [3.05, 3.63) is 35.4 Å². The summed E-state index contributed by atoms with van der Waals surface area (Å²) in [7, 11) is 1.57. The molecule has 0 saturated carbocycles. The highest BCUT2D eigenvalue weighted by Crippen LogP contribution is 2.30. The molecule has 0 aliphatic carbocycles. The Balaban J connectivity index is 2.11. The van der Waals surface area contributed by atoms with E-state index in [1.165, 1.54) is 12.1 Å². The number of ether oxygens (including phenoxy) is 1. The van der Waals surface area contributed by atoms with E-state index < -0.39 is 23.1 Å². The number of benzene rings is 1. The van der Waals surface area contributed by atoms with Crippen molar-refractivity contribution in [2.75, 3.05) is 26.8 Å². The Morgan fingerprint density at radius 3 is 2.68 bits per heavy atom. The highest BCUT2D eigenvalue weighted by Gasteiger charge is 2.40. The van der Waals surface area contributed by atoms with E-state index in [2.05, 4.69) is 10.6 Å². The highest BCUT2D eigenvalue weighted by molar-refractivity contribution is 5.83. The number of hydrogen-bond acceptors (Lipinski definition) is 3. The van der Waals surface area contributed by atoms with Gasteiger partial charge >= 0.3 is 0 Å². The van der Waals surface area contributed by atoms with Crippen LogP contribution in [-0.2, 0) is 9.53 Å². The molecule has 1 aliphatic heterocycles. The number of hydrogen-bond donors (Lipinski definition) is 2. The summed E-state index contributed by atoms with van der Waals surface area (Å²) in [5, 5.41) is 6.06. The molecule has 1 atom stereocenters. The summed E-state index contributed by atoms with van der Waals surface area (Å²) in [5.41, 5.74) is -0.318. The largest absolute Gasteiger partial charge is 0.384 e. The van der Waals surface area contributed by atoms with Crippen molar-refractivity contribution in [1.29, 1.82) is 0 Å². The van der Waals surface area contributed by atoms with Gasteiger partial charge in [0.1, 0.15) is 11.6 Å². The van der Waals surface area contributed by atoms with E-state index in [0.29, 0.717) is 19.4 Å². The van der Waals surface area contributed by atoms with E-state index in [0.717, 1.165) is 19.2 Å². The van der Waals surface area contributed by atoms with E-state index >= 15 is 0 Å². The van der Waals surface area contributed by atoms with Gasteiger partial charge in [-0.25, -0.2) is 8.78 Å². The molecule has 1 saturated heterocycles. The van der Waals surface area contributed by atoms with E-state index in [4.69, 9.17) is 4.74 Å². The van der Waals surface area contributed by atoms with Crippen LogP contribution in [0.4, 0.5) is 8.78 Å². The number of carbonyl (C=O) groups is 1. The molecule has 0 aromatic heterocycles. The fourth-order valence-electron chi connectivity index (χ4n) is 2.90. The smallest absolute Gasteiger partial charge is 0.229 e. The van der Waals surface area contributed by atoms with E-state index in [1.807, 2.05) is 0 Å². The first-order valence-electron chi connectivity index (χ1n) is 7.44. The first-order chi connectivity index (χ1) is 10.5. The minimum atomic E-state index is -0.654. The average Bonchev–Trinajstić information content (AvgIpc) is 2.48. The van der Waals surface area contributed by atoms with Crippen LogP contribution in [0.2, 0.25) is 0 Å². The van der Waals surface area contributed by atoms with Gasteiger partial charge in [0, 0.05) is 18.7 Å². The maximum absolute atomic E-state index is 13.8. The van der Waals surface area contributed by atoms with E-state index in [1.54, 1.807) is 14.0 Å². The number of nitrogens with one attached hydrogen (secondary N) is 2. The monoisotopic (exact) mass is 312 g/mol. The Bertz CT molecular complexity index is 525. The zero-order valence-corrected chi connectivity index (χ0v) is 12.9. The van der Waals surface area contributed by atoms with Crippen LogP contribution in [0.3, 0.4) is 0 Å². The average molecular weight is 312 g/mol. The second-order valence-electron chi connectivity index (χ2n) is 5.82. The van der Waals surface area contributed by atoms with Crippen LogP contribution >= 0.6 is 0 Å². The lowest BCUT2D eigenvalue weighted by Crippen LogP contribution is -2.50. The van der Waals surface area contributed by atoms with Crippen LogP contribution in [0.25, 0.3) is 0 Å². The fraction of sp³-hybridized carbons (Fsp3) is 0.562. The van der Waals surface area contributed by atoms with Gasteiger partial charge in [0.2, 0.25) is 5.91 Å². The van der Waals surface area contributed by atoms with Crippen LogP contribution in [-0.4, -0.2) is 32.7 Å². The summed E-state index contributed by atoms with van der Waals surface area (Å²) in [6, 6.07) is 2.85. The molecule has 6 heteroatoms. The normalized spacial score (nSPS) is 18.7. The molecule has 2 rings (SSSR count). The predicted molar refractivity (Wildman–Crippen MR) is 79.3 cm³/mol. The first kappa shape index (κ1) is 16.8. The number of rotatable bonds is 5. The fourth-order valence-corrected chi connectivity index (χ4v) is 2.90. The molecule has 1 heterocycles. The summed E-state index contributed by atoms with van der Waals surface area (Å²) >= 11 is 0. The molecule has 0 bridgehead atoms. The first-order valence-corrected chi connectivity index (χ1v) is 7.44. The van der Waals surface area contributed by atoms with Crippen molar-refractivity contribution >= 4 is 5.91 Å². The van der Waals surface area contributed by atoms with Gasteiger partial charge in [-0.05, 0) is 38.9 Å². The van der Waals surface area contributed by atoms with Crippen LogP contribution < -0.4 is 10.6 Å². The van der Waals surface area contributed by atoms with E-state index in [-0.39, 0.29) is 11.5 Å². The van der Waals surface area contributed by atoms with Gasteiger partial charge < -0.3 is 15.4 Å². The Hall–Kier alpha value is -1.53. The van der Waals surface area contributed by atoms with Crippen LogP contribution in [0.15, 0.2) is 18.2 Å². The molecule has 22 heavy (non-hydrogen) atoms. The molecule has 1 amide bonds. The van der Waals surface area contributed by atoms with Gasteiger partial charge in [0.25, 0.3) is 0 Å². The quantitative estimate of drug-likeness (QED) is 0.876. The van der Waals surface area contributed by atoms with Gasteiger partial charge in [-0.3, -0.25) is 4.79 Å². The van der Waals surface area contributed by atoms with Gasteiger partial charge in [-0.2, -0.15) is 0 Å². The zero-order chi connectivity index (χ0) is 16.2. The van der Waals surface area contributed by atoms with Crippen molar-refractivity contribution in [2.24, 2.45) is 5.41 Å². The lowest BCUT2D eigenvalue weighted by Gasteiger charge is -2.36. The third-order valence-corrected chi connectivity index (χ3v) is 4.24. The Morgan fingerprint density at radius 2 is 2.09 bits per heavy atom. The summed E-state index contributed by atoms with van der Waals surface area (Å²) in [6.45, 7) is 3.51. The zero-order valence-electron chi connectivity index (χ0n) is 12.9. The highest BCUT2D eigenvalue weighted by atomic mass is 19.1. The lowest BCUT2D eigenvalue weighted by atomic mass is 9.78. The van der Waals surface area contributed by atoms with Gasteiger partial charge in [-0.1, -0.05) is 6.07 Å². The summed E-state index contributed by atoms with van der Waals surface area (Å²) in [6.07, 6.45) is 1.34. The van der Waals surface area contributed by atoms with Crippen LogP contribution in [0, 0.1) is 17.0 Å². The van der Waals surface area contributed by atoms with Crippen LogP contribution in [0.1, 0.15) is 31.4 Å². The van der Waals surface area contributed by atoms with Gasteiger partial charge in [-0.15, -0.1) is 0 Å². The van der Waals surface area contributed by atoms with E-state index in [9.17, 15) is 13.6 Å². The molecule has 4 nitrogen and oxygen atoms in total. The van der Waals surface area contributed by atoms with Gasteiger partial charge in [0.15, 0.2) is 0 Å². The molecule has 1 unspecified atom stereocenters. The molecule has 2 N–H and O–H groups in total. The molecular weight excluding hydrogens is 290 g/mol. The number of halogens is 2. The third-order valence-electron chi connectivity index (χ3n) is 4.24. The summed E-state index contributed by atoms with van der Waals surface area (Å²) in [4.78, 5) is 12.7. The molecule has 0 radical (unpaired) electrons. The van der Waals surface area contributed by atoms with Crippen molar-refractivity contribution in [1.82, 2.24) is 10.6 Å². The second kappa shape index (κ2) is 7.15. The van der Waals surface area contributed by atoms with Crippen molar-refractivity contribution in [3.63, 3.8) is 0 Å². The molecule has 1 aromatic carbocycles. The molecule has 0 spiro atoms. The number of amides is 1. The van der Waals surface area contributed by atoms with Crippen molar-refractivity contribution in [2.45, 2.75) is 25.8 Å². The molecular formula is C16H22F2N2O2. The minimum Gasteiger partial charge on any atom is -0.384 e. The topological polar surface area (TPSA) is 50.4 Å². The summed E-state index contributed by atoms with van der Waals surface area (Å²) in [5.74, 6) is -1.43. The van der Waals surface area contributed by atoms with Gasteiger partial charge in [0.05, 0.1) is 18.1 Å². The van der Waals surface area contributed by atoms with Crippen molar-refractivity contribution < 1.29 is 18.3 Å². The molecule has 122 valence electrons. The second-order valence-corrected chi connectivity index (χ2v) is 5.82. The van der Waals surface area contributed by atoms with Crippen LogP contribution in [0.5, 0.6) is 0 Å².